The summed E-state index contributed by atoms with van der Waals surface area (Å²) in [6.07, 6.45) is 1.63. The van der Waals surface area contributed by atoms with Crippen LogP contribution in [-0.2, 0) is 6.54 Å². The topological polar surface area (TPSA) is 57.8 Å². The molecule has 0 bridgehead atoms. The Hall–Kier alpha value is -2.21. The third kappa shape index (κ3) is 2.48. The van der Waals surface area contributed by atoms with Crippen LogP contribution in [0.5, 0.6) is 0 Å². The number of hydrogen-bond acceptors (Lipinski definition) is 3. The monoisotopic (exact) mass is 275 g/mol. The molecule has 0 aliphatic heterocycles. The maximum atomic E-state index is 13.1. The highest BCUT2D eigenvalue weighted by Crippen LogP contribution is 2.26. The third-order valence-electron chi connectivity index (χ3n) is 2.70. The number of rotatable bonds is 3. The molecule has 0 radical (unpaired) electrons. The van der Waals surface area contributed by atoms with Gasteiger partial charge in [0.1, 0.15) is 5.82 Å². The first-order chi connectivity index (χ1) is 9.22. The van der Waals surface area contributed by atoms with Gasteiger partial charge in [0, 0.05) is 10.9 Å². The number of H-pyrrole nitrogens is 1. The SMILES string of the molecule is O=C(NCc1ccn[nH]1)c1cc2cc(F)ccc2s1. The fraction of sp³-hybridized carbons (Fsp3) is 0.0769. The van der Waals surface area contributed by atoms with E-state index in [-0.39, 0.29) is 11.7 Å². The van der Waals surface area contributed by atoms with E-state index in [1.165, 1.54) is 23.5 Å². The van der Waals surface area contributed by atoms with Crippen LogP contribution in [0.15, 0.2) is 36.5 Å². The van der Waals surface area contributed by atoms with Crippen LogP contribution in [0.3, 0.4) is 0 Å². The van der Waals surface area contributed by atoms with Gasteiger partial charge in [-0.1, -0.05) is 0 Å². The van der Waals surface area contributed by atoms with Crippen molar-refractivity contribution < 1.29 is 9.18 Å². The van der Waals surface area contributed by atoms with E-state index in [0.717, 1.165) is 15.8 Å². The van der Waals surface area contributed by atoms with Crippen LogP contribution in [0.2, 0.25) is 0 Å². The van der Waals surface area contributed by atoms with E-state index in [0.29, 0.717) is 11.4 Å². The molecule has 0 saturated heterocycles. The first-order valence-corrected chi connectivity index (χ1v) is 6.49. The van der Waals surface area contributed by atoms with Crippen LogP contribution in [-0.4, -0.2) is 16.1 Å². The lowest BCUT2D eigenvalue weighted by Gasteiger charge is -2.00. The quantitative estimate of drug-likeness (QED) is 0.772. The number of thiophene rings is 1. The molecule has 0 aliphatic rings. The molecule has 0 saturated carbocycles. The lowest BCUT2D eigenvalue weighted by molar-refractivity contribution is 0.0954. The van der Waals surface area contributed by atoms with Crippen molar-refractivity contribution >= 4 is 27.3 Å². The normalized spacial score (nSPS) is 10.8. The zero-order valence-corrected chi connectivity index (χ0v) is 10.6. The second-order valence-corrected chi connectivity index (χ2v) is 5.14. The summed E-state index contributed by atoms with van der Waals surface area (Å²) in [7, 11) is 0. The van der Waals surface area contributed by atoms with E-state index in [4.69, 9.17) is 0 Å². The van der Waals surface area contributed by atoms with Crippen molar-refractivity contribution in [1.82, 2.24) is 15.5 Å². The number of carbonyl (C=O) groups excluding carboxylic acids is 1. The molecule has 2 heterocycles. The van der Waals surface area contributed by atoms with Crippen molar-refractivity contribution in [2.24, 2.45) is 0 Å². The smallest absolute Gasteiger partial charge is 0.261 e. The summed E-state index contributed by atoms with van der Waals surface area (Å²) in [6.45, 7) is 0.390. The van der Waals surface area contributed by atoms with Gasteiger partial charge in [0.25, 0.3) is 5.91 Å². The molecular weight excluding hydrogens is 265 g/mol. The van der Waals surface area contributed by atoms with E-state index in [1.54, 1.807) is 24.4 Å². The number of halogens is 1. The number of hydrogen-bond donors (Lipinski definition) is 2. The Kier molecular flexibility index (Phi) is 3.00. The lowest BCUT2D eigenvalue weighted by atomic mass is 10.2. The highest BCUT2D eigenvalue weighted by molar-refractivity contribution is 7.20. The largest absolute Gasteiger partial charge is 0.346 e. The molecule has 96 valence electrons. The van der Waals surface area contributed by atoms with Crippen molar-refractivity contribution in [2.75, 3.05) is 0 Å². The Labute approximate surface area is 112 Å². The predicted molar refractivity (Wildman–Crippen MR) is 71.5 cm³/mol. The minimum absolute atomic E-state index is 0.170. The first-order valence-electron chi connectivity index (χ1n) is 5.68. The maximum absolute atomic E-state index is 13.1. The Morgan fingerprint density at radius 3 is 3.05 bits per heavy atom. The van der Waals surface area contributed by atoms with Gasteiger partial charge in [0.2, 0.25) is 0 Å². The van der Waals surface area contributed by atoms with Crippen molar-refractivity contribution in [2.45, 2.75) is 6.54 Å². The molecule has 19 heavy (non-hydrogen) atoms. The minimum atomic E-state index is -0.297. The van der Waals surface area contributed by atoms with Gasteiger partial charge in [-0.05, 0) is 35.7 Å². The minimum Gasteiger partial charge on any atom is -0.346 e. The lowest BCUT2D eigenvalue weighted by Crippen LogP contribution is -2.21. The number of benzene rings is 1. The molecule has 1 aromatic carbocycles. The van der Waals surface area contributed by atoms with Gasteiger partial charge >= 0.3 is 0 Å². The van der Waals surface area contributed by atoms with Gasteiger partial charge in [-0.3, -0.25) is 9.89 Å². The Balaban J connectivity index is 1.77. The summed E-state index contributed by atoms with van der Waals surface area (Å²) in [5.74, 6) is -0.467. The molecule has 0 atom stereocenters. The van der Waals surface area contributed by atoms with Gasteiger partial charge in [0.15, 0.2) is 0 Å². The van der Waals surface area contributed by atoms with Crippen molar-refractivity contribution in [3.05, 3.63) is 52.9 Å². The van der Waals surface area contributed by atoms with E-state index in [1.807, 2.05) is 0 Å². The average Bonchev–Trinajstić information content (AvgIpc) is 3.04. The fourth-order valence-electron chi connectivity index (χ4n) is 1.77. The standard InChI is InChI=1S/C13H10FN3OS/c14-9-1-2-11-8(5-9)6-12(19-11)13(18)15-7-10-3-4-16-17-10/h1-6H,7H2,(H,15,18)(H,16,17). The molecule has 2 aromatic heterocycles. The summed E-state index contributed by atoms with van der Waals surface area (Å²) in [4.78, 5) is 12.5. The molecule has 2 N–H and O–H groups in total. The van der Waals surface area contributed by atoms with E-state index in [9.17, 15) is 9.18 Å². The Morgan fingerprint density at radius 1 is 1.37 bits per heavy atom. The summed E-state index contributed by atoms with van der Waals surface area (Å²) < 4.78 is 14.0. The maximum Gasteiger partial charge on any atom is 0.261 e. The van der Waals surface area contributed by atoms with Crippen LogP contribution in [0.1, 0.15) is 15.4 Å². The van der Waals surface area contributed by atoms with Gasteiger partial charge in [-0.15, -0.1) is 11.3 Å². The number of fused-ring (bicyclic) bond motifs is 1. The zero-order chi connectivity index (χ0) is 13.2. The van der Waals surface area contributed by atoms with Crippen LogP contribution in [0.4, 0.5) is 4.39 Å². The van der Waals surface area contributed by atoms with Crippen molar-refractivity contribution in [1.29, 1.82) is 0 Å². The number of carbonyl (C=O) groups is 1. The highest BCUT2D eigenvalue weighted by atomic mass is 32.1. The molecule has 1 amide bonds. The summed E-state index contributed by atoms with van der Waals surface area (Å²) in [5.41, 5.74) is 0.834. The summed E-state index contributed by atoms with van der Waals surface area (Å²) in [5, 5.41) is 10.1. The second kappa shape index (κ2) is 4.81. The van der Waals surface area contributed by atoms with Crippen LogP contribution in [0.25, 0.3) is 10.1 Å². The third-order valence-corrected chi connectivity index (χ3v) is 3.81. The van der Waals surface area contributed by atoms with E-state index < -0.39 is 0 Å². The first kappa shape index (κ1) is 11.9. The molecule has 6 heteroatoms. The number of nitrogens with one attached hydrogen (secondary N) is 2. The van der Waals surface area contributed by atoms with Crippen molar-refractivity contribution in [3.63, 3.8) is 0 Å². The van der Waals surface area contributed by atoms with Crippen LogP contribution in [0, 0.1) is 5.82 Å². The van der Waals surface area contributed by atoms with Crippen molar-refractivity contribution in [3.8, 4) is 0 Å². The number of nitrogens with zero attached hydrogens (tertiary/aromatic N) is 1. The van der Waals surface area contributed by atoms with Crippen LogP contribution >= 0.6 is 11.3 Å². The van der Waals surface area contributed by atoms with Gasteiger partial charge in [0.05, 0.1) is 17.1 Å². The van der Waals surface area contributed by atoms with Gasteiger partial charge in [-0.2, -0.15) is 5.10 Å². The molecule has 4 nitrogen and oxygen atoms in total. The predicted octanol–water partition coefficient (Wildman–Crippen LogP) is 2.69. The van der Waals surface area contributed by atoms with E-state index in [2.05, 4.69) is 15.5 Å². The molecular formula is C13H10FN3OS. The van der Waals surface area contributed by atoms with E-state index >= 15 is 0 Å². The molecule has 0 spiro atoms. The number of aromatic amines is 1. The summed E-state index contributed by atoms with van der Waals surface area (Å²) >= 11 is 1.35. The Bertz CT molecular complexity index is 721. The van der Waals surface area contributed by atoms with Gasteiger partial charge < -0.3 is 5.32 Å². The fourth-order valence-corrected chi connectivity index (χ4v) is 2.73. The summed E-state index contributed by atoms with van der Waals surface area (Å²) in [6, 6.07) is 8.00. The highest BCUT2D eigenvalue weighted by Gasteiger charge is 2.10. The second-order valence-electron chi connectivity index (χ2n) is 4.06. The molecule has 0 fully saturated rings. The Morgan fingerprint density at radius 2 is 2.26 bits per heavy atom. The molecule has 0 aliphatic carbocycles. The molecule has 3 aromatic rings. The number of aromatic nitrogens is 2. The van der Waals surface area contributed by atoms with Crippen LogP contribution < -0.4 is 5.32 Å². The molecule has 0 unspecified atom stereocenters. The average molecular weight is 275 g/mol. The molecule has 3 rings (SSSR count). The number of amides is 1. The zero-order valence-electron chi connectivity index (χ0n) is 9.81. The van der Waals surface area contributed by atoms with Gasteiger partial charge in [-0.25, -0.2) is 4.39 Å².